The summed E-state index contributed by atoms with van der Waals surface area (Å²) in [6.45, 7) is 6.63. The van der Waals surface area contributed by atoms with Crippen molar-refractivity contribution in [3.63, 3.8) is 0 Å². The summed E-state index contributed by atoms with van der Waals surface area (Å²) in [6, 6.07) is -0.439. The Kier molecular flexibility index (Phi) is 10.4. The second-order valence-electron chi connectivity index (χ2n) is 8.47. The maximum atomic E-state index is 13.6. The topological polar surface area (TPSA) is 149 Å². The zero-order valence-electron chi connectivity index (χ0n) is 21.0. The minimum absolute atomic E-state index is 0.00885. The highest BCUT2D eigenvalue weighted by molar-refractivity contribution is 7.93. The van der Waals surface area contributed by atoms with Gasteiger partial charge in [0.05, 0.1) is 50.2 Å². The van der Waals surface area contributed by atoms with Crippen molar-refractivity contribution in [2.45, 2.75) is 50.4 Å². The maximum absolute atomic E-state index is 13.6. The molecule has 2 aromatic rings. The molecule has 3 heterocycles. The molecule has 15 heteroatoms. The molecule has 3 rings (SSSR count). The molecule has 0 bridgehead atoms. The molecular weight excluding hydrogens is 516 g/mol. The van der Waals surface area contributed by atoms with Crippen LogP contribution < -0.4 is 4.72 Å². The molecule has 1 N–H and O–H groups in total. The van der Waals surface area contributed by atoms with Crippen LogP contribution in [0, 0.1) is 0 Å². The summed E-state index contributed by atoms with van der Waals surface area (Å²) in [5.74, 6) is 0.582. The summed E-state index contributed by atoms with van der Waals surface area (Å²) in [5, 5.41) is 7.59. The van der Waals surface area contributed by atoms with Crippen LogP contribution in [0.3, 0.4) is 0 Å². The van der Waals surface area contributed by atoms with E-state index in [4.69, 9.17) is 35.3 Å². The van der Waals surface area contributed by atoms with Gasteiger partial charge in [-0.15, -0.1) is 10.2 Å². The number of sulfonamides is 1. The number of methoxy groups -OCH3 is 2. The number of anilines is 1. The first-order valence-electron chi connectivity index (χ1n) is 11.4. The quantitative estimate of drug-likeness (QED) is 0.391. The van der Waals surface area contributed by atoms with Crippen molar-refractivity contribution >= 4 is 27.6 Å². The fraction of sp³-hybridized carbons (Fsp3) is 0.714. The highest BCUT2D eigenvalue weighted by Gasteiger charge is 2.37. The number of rotatable bonds is 13. The Morgan fingerprint density at radius 1 is 1.14 bits per heavy atom. The van der Waals surface area contributed by atoms with Crippen molar-refractivity contribution in [3.8, 4) is 0 Å². The zero-order chi connectivity index (χ0) is 26.3. The Balaban J connectivity index is 1.97. The van der Waals surface area contributed by atoms with Crippen LogP contribution in [0.25, 0.3) is 0 Å². The molecule has 36 heavy (non-hydrogen) atoms. The molecule has 0 radical (unpaired) electrons. The highest BCUT2D eigenvalue weighted by Crippen LogP contribution is 2.30. The third kappa shape index (κ3) is 7.09. The Bertz CT molecular complexity index is 1060. The monoisotopic (exact) mass is 548 g/mol. The molecule has 1 aliphatic heterocycles. The highest BCUT2D eigenvalue weighted by atomic mass is 35.5. The lowest BCUT2D eigenvalue weighted by molar-refractivity contribution is -0.0957. The molecule has 0 spiro atoms. The average Bonchev–Trinajstić information content (AvgIpc) is 3.25. The van der Waals surface area contributed by atoms with Gasteiger partial charge in [-0.2, -0.15) is 0 Å². The summed E-state index contributed by atoms with van der Waals surface area (Å²) in [7, 11) is -1.00. The molecule has 0 aromatic carbocycles. The zero-order valence-corrected chi connectivity index (χ0v) is 22.5. The molecule has 1 aliphatic rings. The third-order valence-electron chi connectivity index (χ3n) is 5.37. The third-order valence-corrected chi connectivity index (χ3v) is 7.26. The standard InChI is InChI=1S/C21H33ClN6O7S/c1-13(2)35-18(19-23-8-15(22)9-24-19)14(3)36(29,30)27-21-26-25-20(17-12-33-6-7-34-17)28(21)16(10-31-4)11-32-5/h8-9,13-14,16-18H,6-7,10-12H2,1-5H3,(H,26,27)/t14?,17-,18?/m1/s1. The average molecular weight is 549 g/mol. The molecule has 3 atom stereocenters. The molecule has 2 unspecified atom stereocenters. The lowest BCUT2D eigenvalue weighted by Crippen LogP contribution is -2.36. The Morgan fingerprint density at radius 3 is 2.36 bits per heavy atom. The minimum atomic E-state index is -4.08. The van der Waals surface area contributed by atoms with Gasteiger partial charge in [0.25, 0.3) is 0 Å². The normalized spacial score (nSPS) is 18.5. The summed E-state index contributed by atoms with van der Waals surface area (Å²) in [5.41, 5.74) is 0. The number of aromatic nitrogens is 5. The Hall–Kier alpha value is -1.94. The maximum Gasteiger partial charge on any atom is 0.240 e. The molecule has 1 fully saturated rings. The van der Waals surface area contributed by atoms with Crippen molar-refractivity contribution in [1.29, 1.82) is 0 Å². The lowest BCUT2D eigenvalue weighted by atomic mass is 10.2. The van der Waals surface area contributed by atoms with E-state index in [0.717, 1.165) is 0 Å². The summed E-state index contributed by atoms with van der Waals surface area (Å²) in [4.78, 5) is 8.35. The number of ether oxygens (including phenoxy) is 5. The molecule has 1 saturated heterocycles. The number of halogens is 1. The van der Waals surface area contributed by atoms with Gasteiger partial charge < -0.3 is 23.7 Å². The van der Waals surface area contributed by atoms with Gasteiger partial charge in [0.2, 0.25) is 16.0 Å². The van der Waals surface area contributed by atoms with E-state index in [1.807, 2.05) is 0 Å². The van der Waals surface area contributed by atoms with Gasteiger partial charge in [-0.1, -0.05) is 11.6 Å². The summed E-state index contributed by atoms with van der Waals surface area (Å²) in [6.07, 6.45) is 0.987. The van der Waals surface area contributed by atoms with Gasteiger partial charge in [-0.05, 0) is 20.8 Å². The van der Waals surface area contributed by atoms with E-state index < -0.39 is 33.5 Å². The first-order chi connectivity index (χ1) is 17.2. The van der Waals surface area contributed by atoms with Gasteiger partial charge in [0.1, 0.15) is 17.5 Å². The number of hydrogen-bond donors (Lipinski definition) is 1. The molecule has 202 valence electrons. The number of hydrogen-bond acceptors (Lipinski definition) is 11. The SMILES string of the molecule is COCC(COC)n1c(NS(=O)(=O)C(C)C(OC(C)C)c2ncc(Cl)cn2)nnc1[C@H]1COCCO1. The second kappa shape index (κ2) is 13.0. The minimum Gasteiger partial charge on any atom is -0.382 e. The summed E-state index contributed by atoms with van der Waals surface area (Å²) < 4.78 is 59.3. The Labute approximate surface area is 215 Å². The van der Waals surface area contributed by atoms with Crippen LogP contribution in [-0.4, -0.2) is 91.8 Å². The van der Waals surface area contributed by atoms with Crippen molar-refractivity contribution in [2.75, 3.05) is 52.0 Å². The van der Waals surface area contributed by atoms with Crippen LogP contribution in [0.4, 0.5) is 5.95 Å². The molecule has 2 aromatic heterocycles. The van der Waals surface area contributed by atoms with Crippen molar-refractivity contribution in [3.05, 3.63) is 29.1 Å². The Morgan fingerprint density at radius 2 is 1.81 bits per heavy atom. The van der Waals surface area contributed by atoms with Crippen LogP contribution in [0.2, 0.25) is 5.02 Å². The van der Waals surface area contributed by atoms with Gasteiger partial charge >= 0.3 is 0 Å². The van der Waals surface area contributed by atoms with Crippen LogP contribution in [0.1, 0.15) is 50.7 Å². The lowest BCUT2D eigenvalue weighted by Gasteiger charge is -2.28. The van der Waals surface area contributed by atoms with Crippen LogP contribution in [-0.2, 0) is 33.7 Å². The second-order valence-corrected chi connectivity index (χ2v) is 10.9. The fourth-order valence-corrected chi connectivity index (χ4v) is 4.89. The van der Waals surface area contributed by atoms with Gasteiger partial charge in [0.15, 0.2) is 11.6 Å². The van der Waals surface area contributed by atoms with E-state index in [9.17, 15) is 8.42 Å². The van der Waals surface area contributed by atoms with Gasteiger partial charge in [-0.25, -0.2) is 18.4 Å². The van der Waals surface area contributed by atoms with Crippen LogP contribution in [0.5, 0.6) is 0 Å². The van der Waals surface area contributed by atoms with E-state index in [1.54, 1.807) is 32.6 Å². The number of nitrogens with zero attached hydrogens (tertiary/aromatic N) is 5. The van der Waals surface area contributed by atoms with E-state index in [0.29, 0.717) is 24.1 Å². The number of nitrogens with one attached hydrogen (secondary N) is 1. The smallest absolute Gasteiger partial charge is 0.240 e. The van der Waals surface area contributed by atoms with E-state index in [2.05, 4.69) is 24.9 Å². The first-order valence-corrected chi connectivity index (χ1v) is 13.4. The van der Waals surface area contributed by atoms with E-state index in [1.165, 1.54) is 19.3 Å². The molecular formula is C21H33ClN6O7S. The van der Waals surface area contributed by atoms with Crippen LogP contribution >= 0.6 is 11.6 Å². The predicted molar refractivity (Wildman–Crippen MR) is 130 cm³/mol. The molecule has 0 aliphatic carbocycles. The van der Waals surface area contributed by atoms with E-state index >= 15 is 0 Å². The van der Waals surface area contributed by atoms with E-state index in [-0.39, 0.29) is 37.7 Å². The summed E-state index contributed by atoms with van der Waals surface area (Å²) >= 11 is 5.91. The van der Waals surface area contributed by atoms with Crippen molar-refractivity contribution in [1.82, 2.24) is 24.7 Å². The van der Waals surface area contributed by atoms with Crippen LogP contribution in [0.15, 0.2) is 12.4 Å². The van der Waals surface area contributed by atoms with Crippen molar-refractivity contribution in [2.24, 2.45) is 0 Å². The molecule has 0 amide bonds. The fourth-order valence-electron chi connectivity index (χ4n) is 3.70. The molecule has 0 saturated carbocycles. The van der Waals surface area contributed by atoms with Crippen molar-refractivity contribution < 1.29 is 32.1 Å². The van der Waals surface area contributed by atoms with Gasteiger partial charge in [-0.3, -0.25) is 9.29 Å². The molecule has 13 nitrogen and oxygen atoms in total. The largest absolute Gasteiger partial charge is 0.382 e. The predicted octanol–water partition coefficient (Wildman–Crippen LogP) is 1.94. The first kappa shape index (κ1) is 28.6. The van der Waals surface area contributed by atoms with Gasteiger partial charge in [0, 0.05) is 26.6 Å².